The molecule has 1 unspecified atom stereocenters. The molecule has 2 aromatic carbocycles. The summed E-state index contributed by atoms with van der Waals surface area (Å²) in [7, 11) is 1.50. The Balaban J connectivity index is 1.97. The van der Waals surface area contributed by atoms with Gasteiger partial charge in [0.15, 0.2) is 17.3 Å². The van der Waals surface area contributed by atoms with Crippen LogP contribution in [0.25, 0.3) is 11.3 Å². The van der Waals surface area contributed by atoms with Crippen molar-refractivity contribution in [3.8, 4) is 22.8 Å². The summed E-state index contributed by atoms with van der Waals surface area (Å²) in [5, 5.41) is 14.4. The second kappa shape index (κ2) is 13.3. The number of hydrogen-bond donors (Lipinski definition) is 2. The number of hydrogen-bond acceptors (Lipinski definition) is 7. The zero-order valence-corrected chi connectivity index (χ0v) is 26.7. The number of rotatable bonds is 11. The number of aromatic nitrogens is 1. The number of Topliss-reactive ketones (excluding diaryl/α,β-unsaturated/α-hetero) is 1. The van der Waals surface area contributed by atoms with Gasteiger partial charge in [0.2, 0.25) is 0 Å². The van der Waals surface area contributed by atoms with E-state index >= 15 is 0 Å². The summed E-state index contributed by atoms with van der Waals surface area (Å²) in [4.78, 5) is 30.5. The van der Waals surface area contributed by atoms with Crippen LogP contribution in [-0.2, 0) is 15.9 Å². The van der Waals surface area contributed by atoms with E-state index in [2.05, 4.69) is 10.3 Å². The molecule has 3 aromatic rings. The number of halogens is 2. The maximum absolute atomic E-state index is 14.0. The van der Waals surface area contributed by atoms with Crippen molar-refractivity contribution in [3.63, 3.8) is 0 Å². The second-order valence-corrected chi connectivity index (χ2v) is 12.4. The van der Waals surface area contributed by atoms with E-state index in [1.54, 1.807) is 71.9 Å². The fourth-order valence-electron chi connectivity index (χ4n) is 4.35. The first-order valence-electron chi connectivity index (χ1n) is 14.0. The van der Waals surface area contributed by atoms with E-state index in [1.165, 1.54) is 25.3 Å². The molecule has 3 rings (SSSR count). The van der Waals surface area contributed by atoms with E-state index < -0.39 is 28.7 Å². The van der Waals surface area contributed by atoms with Crippen molar-refractivity contribution in [3.05, 3.63) is 76.2 Å². The van der Waals surface area contributed by atoms with Crippen molar-refractivity contribution >= 4 is 23.5 Å². The molecule has 8 nitrogen and oxygen atoms in total. The summed E-state index contributed by atoms with van der Waals surface area (Å²) in [5.41, 5.74) is -1.04. The maximum atomic E-state index is 14.0. The summed E-state index contributed by atoms with van der Waals surface area (Å²) in [5.74, 6) is 0.196. The molecule has 10 heteroatoms. The topological polar surface area (TPSA) is 107 Å². The van der Waals surface area contributed by atoms with Gasteiger partial charge in [-0.2, -0.15) is 0 Å². The van der Waals surface area contributed by atoms with E-state index in [1.807, 2.05) is 6.92 Å². The summed E-state index contributed by atoms with van der Waals surface area (Å²) < 4.78 is 30.3. The molecule has 1 heterocycles. The maximum Gasteiger partial charge on any atom is 0.408 e. The predicted octanol–water partition coefficient (Wildman–Crippen LogP) is 7.58. The zero-order valence-electron chi connectivity index (χ0n) is 25.9. The molecule has 0 saturated heterocycles. The SMILES string of the molecule is CCOc1ccc(C(=O)CCC(C)(O)c2cc(C(C)(C)NC(=O)OC(C)(C)C)cc(-c3ccc(F)c(Cl)c3)n2)cc1OC. The van der Waals surface area contributed by atoms with Crippen molar-refractivity contribution in [2.75, 3.05) is 13.7 Å². The Hall–Kier alpha value is -3.69. The normalized spacial score (nSPS) is 13.2. The van der Waals surface area contributed by atoms with Gasteiger partial charge in [-0.1, -0.05) is 11.6 Å². The van der Waals surface area contributed by atoms with Gasteiger partial charge in [-0.15, -0.1) is 0 Å². The fraction of sp³-hybridized carbons (Fsp3) is 0.424. The molecular weight excluding hydrogens is 575 g/mol. The summed E-state index contributed by atoms with van der Waals surface area (Å²) in [6.45, 7) is 12.8. The van der Waals surface area contributed by atoms with E-state index in [-0.39, 0.29) is 29.3 Å². The molecule has 0 aliphatic carbocycles. The average Bonchev–Trinajstić information content (AvgIpc) is 2.92. The van der Waals surface area contributed by atoms with Crippen LogP contribution in [0.2, 0.25) is 5.02 Å². The Morgan fingerprint density at radius 2 is 1.70 bits per heavy atom. The number of carbonyl (C=O) groups excluding carboxylic acids is 2. The van der Waals surface area contributed by atoms with Gasteiger partial charge in [-0.3, -0.25) is 4.79 Å². The predicted molar refractivity (Wildman–Crippen MR) is 164 cm³/mol. The number of ketones is 1. The van der Waals surface area contributed by atoms with E-state index in [9.17, 15) is 19.1 Å². The van der Waals surface area contributed by atoms with Gasteiger partial charge in [0.05, 0.1) is 35.7 Å². The van der Waals surface area contributed by atoms with Crippen molar-refractivity contribution in [2.45, 2.75) is 78.0 Å². The minimum Gasteiger partial charge on any atom is -0.493 e. The van der Waals surface area contributed by atoms with Crippen LogP contribution in [0.4, 0.5) is 9.18 Å². The summed E-state index contributed by atoms with van der Waals surface area (Å²) >= 11 is 6.07. The lowest BCUT2D eigenvalue weighted by atomic mass is 9.87. The molecule has 0 saturated carbocycles. The van der Waals surface area contributed by atoms with Gasteiger partial charge in [0, 0.05) is 17.5 Å². The van der Waals surface area contributed by atoms with Gasteiger partial charge in [0.1, 0.15) is 17.0 Å². The van der Waals surface area contributed by atoms with Gasteiger partial charge >= 0.3 is 6.09 Å². The first-order valence-corrected chi connectivity index (χ1v) is 14.4. The minimum absolute atomic E-state index is 0.00725. The number of amides is 1. The van der Waals surface area contributed by atoms with Crippen LogP contribution in [0.1, 0.15) is 82.9 Å². The molecule has 1 amide bonds. The van der Waals surface area contributed by atoms with E-state index in [0.717, 1.165) is 0 Å². The third kappa shape index (κ3) is 8.91. The fourth-order valence-corrected chi connectivity index (χ4v) is 4.53. The van der Waals surface area contributed by atoms with Gasteiger partial charge in [-0.25, -0.2) is 14.2 Å². The van der Waals surface area contributed by atoms with Crippen LogP contribution < -0.4 is 14.8 Å². The van der Waals surface area contributed by atoms with Crippen molar-refractivity contribution in [1.82, 2.24) is 10.3 Å². The third-order valence-electron chi connectivity index (χ3n) is 6.75. The van der Waals surface area contributed by atoms with Crippen LogP contribution in [0.5, 0.6) is 11.5 Å². The first kappa shape index (κ1) is 33.8. The summed E-state index contributed by atoms with van der Waals surface area (Å²) in [6, 6.07) is 12.6. The third-order valence-corrected chi connectivity index (χ3v) is 7.04. The zero-order chi connectivity index (χ0) is 32.2. The lowest BCUT2D eigenvalue weighted by Gasteiger charge is -2.31. The van der Waals surface area contributed by atoms with Crippen LogP contribution in [-0.4, -0.2) is 41.3 Å². The van der Waals surface area contributed by atoms with Crippen molar-refractivity contribution < 1.29 is 33.3 Å². The number of carbonyl (C=O) groups is 2. The minimum atomic E-state index is -1.55. The molecule has 0 radical (unpaired) electrons. The molecule has 232 valence electrons. The number of alkyl carbamates (subject to hydrolysis) is 1. The number of nitrogens with zero attached hydrogens (tertiary/aromatic N) is 1. The molecule has 2 N–H and O–H groups in total. The highest BCUT2D eigenvalue weighted by Crippen LogP contribution is 2.34. The van der Waals surface area contributed by atoms with Crippen LogP contribution in [0.3, 0.4) is 0 Å². The van der Waals surface area contributed by atoms with Crippen molar-refractivity contribution in [2.24, 2.45) is 0 Å². The Morgan fingerprint density at radius 3 is 2.30 bits per heavy atom. The standard InChI is InChI=1S/C33H40ClFN2O6/c1-9-42-27-13-11-21(17-28(27)41-8)26(38)14-15-33(7,40)29-19-22(32(5,6)37-30(39)43-31(2,3)4)18-25(36-29)20-10-12-24(35)23(34)16-20/h10-13,16-19,40H,9,14-15H2,1-8H3,(H,37,39). The Morgan fingerprint density at radius 1 is 1.00 bits per heavy atom. The number of methoxy groups -OCH3 is 1. The van der Waals surface area contributed by atoms with Gasteiger partial charge < -0.3 is 24.6 Å². The van der Waals surface area contributed by atoms with E-state index in [0.29, 0.717) is 40.5 Å². The quantitative estimate of drug-likeness (QED) is 0.214. The lowest BCUT2D eigenvalue weighted by Crippen LogP contribution is -2.44. The lowest BCUT2D eigenvalue weighted by molar-refractivity contribution is 0.0394. The molecule has 0 spiro atoms. The van der Waals surface area contributed by atoms with Gasteiger partial charge in [0.25, 0.3) is 0 Å². The molecule has 0 aliphatic rings. The molecule has 1 atom stereocenters. The van der Waals surface area contributed by atoms with E-state index in [4.69, 9.17) is 25.8 Å². The number of ether oxygens (including phenoxy) is 3. The molecule has 0 aliphatic heterocycles. The number of pyridine rings is 1. The summed E-state index contributed by atoms with van der Waals surface area (Å²) in [6.07, 6.45) is -0.570. The molecule has 43 heavy (non-hydrogen) atoms. The number of benzene rings is 2. The molecule has 1 aromatic heterocycles. The Kier molecular flexibility index (Phi) is 10.5. The number of nitrogens with one attached hydrogen (secondary N) is 1. The van der Waals surface area contributed by atoms with Crippen LogP contribution in [0.15, 0.2) is 48.5 Å². The monoisotopic (exact) mass is 614 g/mol. The van der Waals surface area contributed by atoms with Crippen molar-refractivity contribution in [1.29, 1.82) is 0 Å². The average molecular weight is 615 g/mol. The molecular formula is C33H40ClFN2O6. The molecule has 0 fully saturated rings. The Bertz CT molecular complexity index is 1480. The second-order valence-electron chi connectivity index (χ2n) is 12.0. The van der Waals surface area contributed by atoms with Crippen LogP contribution in [0, 0.1) is 5.82 Å². The Labute approximate surface area is 257 Å². The van der Waals surface area contributed by atoms with Gasteiger partial charge in [-0.05, 0) is 109 Å². The highest BCUT2D eigenvalue weighted by molar-refractivity contribution is 6.31. The highest BCUT2D eigenvalue weighted by Gasteiger charge is 2.32. The molecule has 0 bridgehead atoms. The smallest absolute Gasteiger partial charge is 0.408 e. The van der Waals surface area contributed by atoms with Crippen LogP contribution >= 0.6 is 11.6 Å². The first-order chi connectivity index (χ1) is 20.0. The number of aliphatic hydroxyl groups is 1. The highest BCUT2D eigenvalue weighted by atomic mass is 35.5. The largest absolute Gasteiger partial charge is 0.493 e.